The Morgan fingerprint density at radius 3 is 2.70 bits per heavy atom. The lowest BCUT2D eigenvalue weighted by molar-refractivity contribution is -0.384. The number of esters is 1. The average molecular weight is 298 g/mol. The van der Waals surface area contributed by atoms with Gasteiger partial charge in [-0.15, -0.1) is 0 Å². The van der Waals surface area contributed by atoms with Crippen molar-refractivity contribution in [3.8, 4) is 0 Å². The zero-order valence-electron chi connectivity index (χ0n) is 11.0. The van der Waals surface area contributed by atoms with Crippen LogP contribution in [0.15, 0.2) is 18.2 Å². The van der Waals surface area contributed by atoms with Gasteiger partial charge in [-0.3, -0.25) is 10.1 Å². The van der Waals surface area contributed by atoms with Gasteiger partial charge >= 0.3 is 5.97 Å². The highest BCUT2D eigenvalue weighted by molar-refractivity contribution is 6.32. The summed E-state index contributed by atoms with van der Waals surface area (Å²) in [5, 5.41) is 10.8. The van der Waals surface area contributed by atoms with Crippen molar-refractivity contribution in [3.05, 3.63) is 38.9 Å². The SMILES string of the molecule is O=C(OCC1CCCCC1)c1ccc(Cl)c([N+](=O)[O-])c1. The number of hydrogen-bond acceptors (Lipinski definition) is 4. The molecule has 0 spiro atoms. The predicted octanol–water partition coefficient (Wildman–Crippen LogP) is 3.99. The first kappa shape index (κ1) is 14.8. The van der Waals surface area contributed by atoms with E-state index in [4.69, 9.17) is 16.3 Å². The number of halogens is 1. The fraction of sp³-hybridized carbons (Fsp3) is 0.500. The van der Waals surface area contributed by atoms with Crippen molar-refractivity contribution in [2.75, 3.05) is 6.61 Å². The Balaban J connectivity index is 1.98. The zero-order valence-corrected chi connectivity index (χ0v) is 11.8. The van der Waals surface area contributed by atoms with Gasteiger partial charge in [-0.05, 0) is 30.9 Å². The molecule has 0 N–H and O–H groups in total. The molecule has 0 aromatic heterocycles. The summed E-state index contributed by atoms with van der Waals surface area (Å²) in [7, 11) is 0. The van der Waals surface area contributed by atoms with Crippen LogP contribution in [0, 0.1) is 16.0 Å². The molecule has 108 valence electrons. The summed E-state index contributed by atoms with van der Waals surface area (Å²) in [4.78, 5) is 22.0. The second-order valence-electron chi connectivity index (χ2n) is 5.03. The molecule has 2 rings (SSSR count). The van der Waals surface area contributed by atoms with Crippen LogP contribution in [0.25, 0.3) is 0 Å². The maximum absolute atomic E-state index is 11.9. The minimum absolute atomic E-state index is 0.0128. The smallest absolute Gasteiger partial charge is 0.338 e. The number of ether oxygens (including phenoxy) is 1. The minimum Gasteiger partial charge on any atom is -0.462 e. The summed E-state index contributed by atoms with van der Waals surface area (Å²) in [5.74, 6) is -0.120. The van der Waals surface area contributed by atoms with E-state index in [1.54, 1.807) is 0 Å². The molecule has 1 aromatic carbocycles. The Kier molecular flexibility index (Phi) is 4.95. The second-order valence-corrected chi connectivity index (χ2v) is 5.43. The molecule has 1 aliphatic carbocycles. The molecule has 1 aromatic rings. The Hall–Kier alpha value is -1.62. The third-order valence-corrected chi connectivity index (χ3v) is 3.87. The summed E-state index contributed by atoms with van der Waals surface area (Å²) in [6.07, 6.45) is 5.75. The molecule has 20 heavy (non-hydrogen) atoms. The van der Waals surface area contributed by atoms with E-state index in [1.807, 2.05) is 0 Å². The summed E-state index contributed by atoms with van der Waals surface area (Å²) >= 11 is 5.70. The van der Waals surface area contributed by atoms with Crippen LogP contribution in [-0.4, -0.2) is 17.5 Å². The highest BCUT2D eigenvalue weighted by Crippen LogP contribution is 2.26. The lowest BCUT2D eigenvalue weighted by Gasteiger charge is -2.20. The molecule has 6 heteroatoms. The molecular weight excluding hydrogens is 282 g/mol. The van der Waals surface area contributed by atoms with Crippen molar-refractivity contribution >= 4 is 23.3 Å². The molecule has 0 radical (unpaired) electrons. The number of nitrogens with zero attached hydrogens (tertiary/aromatic N) is 1. The van der Waals surface area contributed by atoms with Gasteiger partial charge in [-0.25, -0.2) is 4.79 Å². The topological polar surface area (TPSA) is 69.4 Å². The highest BCUT2D eigenvalue weighted by Gasteiger charge is 2.19. The van der Waals surface area contributed by atoms with Crippen LogP contribution in [0.5, 0.6) is 0 Å². The first-order chi connectivity index (χ1) is 9.58. The van der Waals surface area contributed by atoms with E-state index in [2.05, 4.69) is 0 Å². The summed E-state index contributed by atoms with van der Waals surface area (Å²) < 4.78 is 5.24. The van der Waals surface area contributed by atoms with E-state index in [0.29, 0.717) is 12.5 Å². The minimum atomic E-state index is -0.611. The van der Waals surface area contributed by atoms with E-state index >= 15 is 0 Å². The lowest BCUT2D eigenvalue weighted by Crippen LogP contribution is -2.16. The molecule has 5 nitrogen and oxygen atoms in total. The first-order valence-corrected chi connectivity index (χ1v) is 7.07. The maximum Gasteiger partial charge on any atom is 0.338 e. The molecule has 1 saturated carbocycles. The van der Waals surface area contributed by atoms with Crippen LogP contribution < -0.4 is 0 Å². The normalized spacial score (nSPS) is 15.8. The van der Waals surface area contributed by atoms with Gasteiger partial charge in [0.25, 0.3) is 5.69 Å². The van der Waals surface area contributed by atoms with Crippen LogP contribution in [-0.2, 0) is 4.74 Å². The van der Waals surface area contributed by atoms with E-state index in [1.165, 1.54) is 31.4 Å². The monoisotopic (exact) mass is 297 g/mol. The molecule has 1 aliphatic rings. The van der Waals surface area contributed by atoms with Gasteiger partial charge in [-0.1, -0.05) is 30.9 Å². The quantitative estimate of drug-likeness (QED) is 0.479. The lowest BCUT2D eigenvalue weighted by atomic mass is 9.90. The highest BCUT2D eigenvalue weighted by atomic mass is 35.5. The third-order valence-electron chi connectivity index (χ3n) is 3.55. The van der Waals surface area contributed by atoms with E-state index in [0.717, 1.165) is 18.9 Å². The molecule has 0 bridgehead atoms. The Morgan fingerprint density at radius 1 is 1.35 bits per heavy atom. The van der Waals surface area contributed by atoms with Gasteiger partial charge < -0.3 is 4.74 Å². The Labute approximate surface area is 122 Å². The summed E-state index contributed by atoms with van der Waals surface area (Å²) in [6, 6.07) is 3.95. The molecule has 0 unspecified atom stereocenters. The van der Waals surface area contributed by atoms with Crippen LogP contribution in [0.2, 0.25) is 5.02 Å². The molecule has 0 saturated heterocycles. The number of carbonyl (C=O) groups excluding carboxylic acids is 1. The third kappa shape index (κ3) is 3.70. The number of hydrogen-bond donors (Lipinski definition) is 0. The number of rotatable bonds is 4. The van der Waals surface area contributed by atoms with Gasteiger partial charge in [-0.2, -0.15) is 0 Å². The molecule has 0 aliphatic heterocycles. The van der Waals surface area contributed by atoms with Crippen molar-refractivity contribution in [1.82, 2.24) is 0 Å². The standard InChI is InChI=1S/C14H16ClNO4/c15-12-7-6-11(8-13(12)16(18)19)14(17)20-9-10-4-2-1-3-5-10/h6-8,10H,1-5,9H2. The van der Waals surface area contributed by atoms with Gasteiger partial charge in [0.2, 0.25) is 0 Å². The average Bonchev–Trinajstić information content (AvgIpc) is 2.46. The van der Waals surface area contributed by atoms with Crippen LogP contribution >= 0.6 is 11.6 Å². The van der Waals surface area contributed by atoms with Crippen LogP contribution in [0.3, 0.4) is 0 Å². The second kappa shape index (κ2) is 6.70. The molecule has 0 atom stereocenters. The Morgan fingerprint density at radius 2 is 2.05 bits per heavy atom. The van der Waals surface area contributed by atoms with Crippen molar-refractivity contribution in [2.45, 2.75) is 32.1 Å². The summed E-state index contributed by atoms with van der Waals surface area (Å²) in [5.41, 5.74) is -0.115. The van der Waals surface area contributed by atoms with Crippen molar-refractivity contribution < 1.29 is 14.5 Å². The predicted molar refractivity (Wildman–Crippen MR) is 75.0 cm³/mol. The van der Waals surface area contributed by atoms with E-state index in [-0.39, 0.29) is 16.3 Å². The largest absolute Gasteiger partial charge is 0.462 e. The number of nitro benzene ring substituents is 1. The van der Waals surface area contributed by atoms with Crippen molar-refractivity contribution in [1.29, 1.82) is 0 Å². The van der Waals surface area contributed by atoms with Gasteiger partial charge in [0.15, 0.2) is 0 Å². The van der Waals surface area contributed by atoms with Crippen LogP contribution in [0.4, 0.5) is 5.69 Å². The number of nitro groups is 1. The van der Waals surface area contributed by atoms with E-state index in [9.17, 15) is 14.9 Å². The fourth-order valence-electron chi connectivity index (χ4n) is 2.41. The maximum atomic E-state index is 11.9. The van der Waals surface area contributed by atoms with Crippen LogP contribution in [0.1, 0.15) is 42.5 Å². The van der Waals surface area contributed by atoms with E-state index < -0.39 is 10.9 Å². The zero-order chi connectivity index (χ0) is 14.5. The number of benzene rings is 1. The number of carbonyl (C=O) groups is 1. The van der Waals surface area contributed by atoms with Crippen molar-refractivity contribution in [2.24, 2.45) is 5.92 Å². The van der Waals surface area contributed by atoms with Crippen molar-refractivity contribution in [3.63, 3.8) is 0 Å². The van der Waals surface area contributed by atoms with Gasteiger partial charge in [0, 0.05) is 6.07 Å². The first-order valence-electron chi connectivity index (χ1n) is 6.69. The van der Waals surface area contributed by atoms with Gasteiger partial charge in [0.05, 0.1) is 17.1 Å². The molecule has 1 fully saturated rings. The fourth-order valence-corrected chi connectivity index (χ4v) is 2.60. The Bertz CT molecular complexity index is 512. The molecule has 0 amide bonds. The molecule has 0 heterocycles. The van der Waals surface area contributed by atoms with Gasteiger partial charge in [0.1, 0.15) is 5.02 Å². The molecular formula is C14H16ClNO4. The summed E-state index contributed by atoms with van der Waals surface area (Å²) in [6.45, 7) is 0.384.